The zero-order valence-electron chi connectivity index (χ0n) is 14.1. The molecule has 4 rings (SSSR count). The first kappa shape index (κ1) is 15.6. The molecule has 0 N–H and O–H groups in total. The van der Waals surface area contributed by atoms with E-state index in [0.29, 0.717) is 0 Å². The second-order valence-corrected chi connectivity index (χ2v) is 6.31. The highest BCUT2D eigenvalue weighted by atomic mass is 16.5. The molecule has 0 unspecified atom stereocenters. The summed E-state index contributed by atoms with van der Waals surface area (Å²) in [4.78, 5) is 4.15. The van der Waals surface area contributed by atoms with Crippen LogP contribution in [0.5, 0.6) is 0 Å². The van der Waals surface area contributed by atoms with E-state index in [-0.39, 0.29) is 0 Å². The average molecular weight is 328 g/mol. The lowest BCUT2D eigenvalue weighted by Crippen LogP contribution is -1.87. The van der Waals surface area contributed by atoms with Gasteiger partial charge in [-0.1, -0.05) is 47.6 Å². The third-order valence-electron chi connectivity index (χ3n) is 4.48. The van der Waals surface area contributed by atoms with E-state index in [1.807, 2.05) is 18.5 Å². The molecule has 0 aliphatic carbocycles. The molecule has 4 aromatic rings. The fraction of sp³-hybridized carbons (Fsp3) is 0.182. The van der Waals surface area contributed by atoms with Crippen molar-refractivity contribution in [1.29, 1.82) is 0 Å². The monoisotopic (exact) mass is 328 g/mol. The van der Waals surface area contributed by atoms with E-state index in [1.54, 1.807) is 0 Å². The van der Waals surface area contributed by atoms with E-state index in [1.165, 1.54) is 10.9 Å². The van der Waals surface area contributed by atoms with Crippen molar-refractivity contribution >= 4 is 10.8 Å². The van der Waals surface area contributed by atoms with Crippen molar-refractivity contribution in [3.05, 3.63) is 84.4 Å². The summed E-state index contributed by atoms with van der Waals surface area (Å²) in [5.41, 5.74) is 3.38. The quantitative estimate of drug-likeness (QED) is 0.441. The minimum absolute atomic E-state index is 0.900. The van der Waals surface area contributed by atoms with Gasteiger partial charge in [0.05, 0.1) is 0 Å². The summed E-state index contributed by atoms with van der Waals surface area (Å²) in [7, 11) is 0. The first-order chi connectivity index (χ1) is 12.4. The first-order valence-corrected chi connectivity index (χ1v) is 8.72. The predicted octanol–water partition coefficient (Wildman–Crippen LogP) is 5.46. The van der Waals surface area contributed by atoms with Gasteiger partial charge >= 0.3 is 0 Å². The molecule has 2 heterocycles. The molecule has 0 aliphatic heterocycles. The van der Waals surface area contributed by atoms with Crippen LogP contribution in [-0.4, -0.2) is 10.1 Å². The molecule has 3 nitrogen and oxygen atoms in total. The van der Waals surface area contributed by atoms with Gasteiger partial charge < -0.3 is 4.52 Å². The molecular weight excluding hydrogens is 308 g/mol. The molecule has 0 bridgehead atoms. The lowest BCUT2D eigenvalue weighted by Gasteiger charge is -2.00. The normalized spacial score (nSPS) is 11.0. The third kappa shape index (κ3) is 3.77. The topological polar surface area (TPSA) is 38.9 Å². The number of aryl methyl sites for hydroxylation is 2. The third-order valence-corrected chi connectivity index (χ3v) is 4.48. The number of unbranched alkanes of at least 4 members (excludes halogenated alkanes) is 1. The molecule has 0 atom stereocenters. The molecule has 0 amide bonds. The molecule has 25 heavy (non-hydrogen) atoms. The molecular formula is C22H20N2O. The van der Waals surface area contributed by atoms with Crippen LogP contribution in [0.3, 0.4) is 0 Å². The largest absolute Gasteiger partial charge is 0.361 e. The summed E-state index contributed by atoms with van der Waals surface area (Å²) in [6, 6.07) is 21.0. The Morgan fingerprint density at radius 2 is 1.68 bits per heavy atom. The van der Waals surface area contributed by atoms with Crippen molar-refractivity contribution < 1.29 is 4.52 Å². The van der Waals surface area contributed by atoms with Crippen molar-refractivity contribution in [3.8, 4) is 11.3 Å². The molecule has 0 aliphatic rings. The summed E-state index contributed by atoms with van der Waals surface area (Å²) in [5, 5.41) is 6.54. The van der Waals surface area contributed by atoms with E-state index in [2.05, 4.69) is 64.7 Å². The van der Waals surface area contributed by atoms with Crippen LogP contribution in [0.25, 0.3) is 22.0 Å². The number of fused-ring (bicyclic) bond motifs is 1. The first-order valence-electron chi connectivity index (χ1n) is 8.72. The Bertz CT molecular complexity index is 960. The van der Waals surface area contributed by atoms with E-state index in [9.17, 15) is 0 Å². The van der Waals surface area contributed by atoms with Crippen LogP contribution in [0.1, 0.15) is 24.2 Å². The Morgan fingerprint density at radius 1 is 0.800 bits per heavy atom. The van der Waals surface area contributed by atoms with E-state index in [0.717, 1.165) is 48.1 Å². The van der Waals surface area contributed by atoms with Crippen molar-refractivity contribution in [2.45, 2.75) is 25.7 Å². The number of hydrogen-bond acceptors (Lipinski definition) is 3. The summed E-state index contributed by atoms with van der Waals surface area (Å²) in [6.45, 7) is 0. The summed E-state index contributed by atoms with van der Waals surface area (Å²) < 4.78 is 5.52. The lowest BCUT2D eigenvalue weighted by atomic mass is 10.0. The molecule has 2 aromatic heterocycles. The maximum Gasteiger partial charge on any atom is 0.137 e. The van der Waals surface area contributed by atoms with Gasteiger partial charge in [0.25, 0.3) is 0 Å². The molecule has 3 heteroatoms. The summed E-state index contributed by atoms with van der Waals surface area (Å²) in [5.74, 6) is 0.956. The summed E-state index contributed by atoms with van der Waals surface area (Å²) in [6.07, 6.45) is 7.99. The second-order valence-electron chi connectivity index (χ2n) is 6.31. The Balaban J connectivity index is 1.38. The van der Waals surface area contributed by atoms with Crippen molar-refractivity contribution in [2.24, 2.45) is 0 Å². The number of hydrogen-bond donors (Lipinski definition) is 0. The van der Waals surface area contributed by atoms with Gasteiger partial charge in [-0.2, -0.15) is 0 Å². The fourth-order valence-electron chi connectivity index (χ4n) is 3.08. The maximum absolute atomic E-state index is 5.52. The zero-order valence-corrected chi connectivity index (χ0v) is 14.1. The van der Waals surface area contributed by atoms with Gasteiger partial charge in [0.1, 0.15) is 11.5 Å². The van der Waals surface area contributed by atoms with Crippen LogP contribution in [0.4, 0.5) is 0 Å². The fourth-order valence-corrected chi connectivity index (χ4v) is 3.08. The minimum Gasteiger partial charge on any atom is -0.361 e. The number of rotatable bonds is 6. The van der Waals surface area contributed by atoms with Gasteiger partial charge in [-0.05, 0) is 42.3 Å². The highest BCUT2D eigenvalue weighted by Gasteiger charge is 2.07. The van der Waals surface area contributed by atoms with E-state index >= 15 is 0 Å². The summed E-state index contributed by atoms with van der Waals surface area (Å²) >= 11 is 0. The predicted molar refractivity (Wildman–Crippen MR) is 100 cm³/mol. The van der Waals surface area contributed by atoms with E-state index in [4.69, 9.17) is 4.52 Å². The van der Waals surface area contributed by atoms with Gasteiger partial charge in [0, 0.05) is 35.8 Å². The van der Waals surface area contributed by atoms with Gasteiger partial charge in [0.15, 0.2) is 0 Å². The van der Waals surface area contributed by atoms with Crippen LogP contribution in [0.2, 0.25) is 0 Å². The van der Waals surface area contributed by atoms with Crippen LogP contribution < -0.4 is 0 Å². The van der Waals surface area contributed by atoms with E-state index < -0.39 is 0 Å². The van der Waals surface area contributed by atoms with Gasteiger partial charge in [0.2, 0.25) is 0 Å². The number of nitrogens with zero attached hydrogens (tertiary/aromatic N) is 2. The molecule has 0 radical (unpaired) electrons. The van der Waals surface area contributed by atoms with Gasteiger partial charge in [-0.25, -0.2) is 0 Å². The van der Waals surface area contributed by atoms with Crippen molar-refractivity contribution in [2.75, 3.05) is 0 Å². The smallest absolute Gasteiger partial charge is 0.137 e. The van der Waals surface area contributed by atoms with Crippen LogP contribution >= 0.6 is 0 Å². The average Bonchev–Trinajstić information content (AvgIpc) is 3.15. The molecule has 0 fully saturated rings. The lowest BCUT2D eigenvalue weighted by molar-refractivity contribution is 0.381. The molecule has 124 valence electrons. The Hall–Kier alpha value is -2.94. The highest BCUT2D eigenvalue weighted by molar-refractivity contribution is 5.85. The molecule has 0 saturated carbocycles. The molecule has 0 spiro atoms. The Morgan fingerprint density at radius 3 is 2.60 bits per heavy atom. The number of aromatic nitrogens is 2. The maximum atomic E-state index is 5.52. The van der Waals surface area contributed by atoms with Crippen LogP contribution in [-0.2, 0) is 12.8 Å². The molecule has 0 saturated heterocycles. The number of benzene rings is 2. The minimum atomic E-state index is 0.900. The zero-order chi connectivity index (χ0) is 16.9. The van der Waals surface area contributed by atoms with Crippen molar-refractivity contribution in [1.82, 2.24) is 10.1 Å². The Labute approximate surface area is 147 Å². The second kappa shape index (κ2) is 7.31. The highest BCUT2D eigenvalue weighted by Crippen LogP contribution is 2.24. The standard InChI is InChI=1S/C22H20N2O/c1-2-6-17(7-3-1)8-4-5-9-21-15-22(24-25-21)19-10-11-20-16-23-13-12-18(20)14-19/h1-3,6-7,10-16H,4-5,8-9H2. The van der Waals surface area contributed by atoms with Gasteiger partial charge in [-0.3, -0.25) is 4.98 Å². The van der Waals surface area contributed by atoms with Crippen molar-refractivity contribution in [3.63, 3.8) is 0 Å². The SMILES string of the molecule is c1ccc(CCCCc2cc(-c3ccc4cnccc4c3)no2)cc1. The number of pyridine rings is 1. The molecule has 2 aromatic carbocycles. The Kier molecular flexibility index (Phi) is 4.55. The van der Waals surface area contributed by atoms with Gasteiger partial charge in [-0.15, -0.1) is 0 Å². The van der Waals surface area contributed by atoms with Crippen LogP contribution in [0.15, 0.2) is 77.6 Å². The van der Waals surface area contributed by atoms with Crippen LogP contribution in [0, 0.1) is 0 Å².